The van der Waals surface area contributed by atoms with Gasteiger partial charge in [0, 0.05) is 37.6 Å². The van der Waals surface area contributed by atoms with Gasteiger partial charge in [-0.25, -0.2) is 4.98 Å². The summed E-state index contributed by atoms with van der Waals surface area (Å²) >= 11 is 5.62. The van der Waals surface area contributed by atoms with Crippen LogP contribution in [0.1, 0.15) is 64.2 Å². The summed E-state index contributed by atoms with van der Waals surface area (Å²) in [6.45, 7) is 0. The summed E-state index contributed by atoms with van der Waals surface area (Å²) in [7, 11) is 4.06. The Kier molecular flexibility index (Phi) is 7.43. The van der Waals surface area contributed by atoms with Crippen LogP contribution >= 0.6 is 12.2 Å². The minimum absolute atomic E-state index is 0.401. The third-order valence-electron chi connectivity index (χ3n) is 6.59. The average Bonchev–Trinajstić information content (AvgIpc) is 3.03. The highest BCUT2D eigenvalue weighted by molar-refractivity contribution is 7.80. The van der Waals surface area contributed by atoms with Gasteiger partial charge < -0.3 is 20.9 Å². The first-order chi connectivity index (χ1) is 15.1. The summed E-state index contributed by atoms with van der Waals surface area (Å²) in [6.07, 6.45) is 12.3. The van der Waals surface area contributed by atoms with Gasteiger partial charge in [0.05, 0.1) is 5.52 Å². The van der Waals surface area contributed by atoms with Gasteiger partial charge in [-0.05, 0) is 62.9 Å². The van der Waals surface area contributed by atoms with Crippen molar-refractivity contribution in [3.05, 3.63) is 24.3 Å². The number of hydrogen-bond acceptors (Lipinski definition) is 5. The fourth-order valence-electron chi connectivity index (χ4n) is 4.87. The van der Waals surface area contributed by atoms with Crippen LogP contribution in [-0.2, 0) is 0 Å². The molecule has 1 heterocycles. The number of fused-ring (bicyclic) bond motifs is 1. The van der Waals surface area contributed by atoms with E-state index >= 15 is 0 Å². The summed E-state index contributed by atoms with van der Waals surface area (Å²) in [5.74, 6) is 1.68. The Morgan fingerprint density at radius 3 is 2.13 bits per heavy atom. The molecule has 168 valence electrons. The minimum atomic E-state index is 0.401. The van der Waals surface area contributed by atoms with Crippen LogP contribution in [0.5, 0.6) is 0 Å². The van der Waals surface area contributed by atoms with E-state index in [9.17, 15) is 0 Å². The van der Waals surface area contributed by atoms with E-state index in [4.69, 9.17) is 22.2 Å². The number of nitrogens with one attached hydrogen (secondary N) is 3. The summed E-state index contributed by atoms with van der Waals surface area (Å²) in [4.78, 5) is 11.6. The van der Waals surface area contributed by atoms with Crippen molar-refractivity contribution in [1.29, 1.82) is 0 Å². The monoisotopic (exact) mass is 440 g/mol. The molecule has 7 heteroatoms. The zero-order valence-electron chi connectivity index (χ0n) is 18.9. The Morgan fingerprint density at radius 2 is 1.45 bits per heavy atom. The molecule has 2 aliphatic carbocycles. The molecule has 2 aromatic rings. The Hall–Kier alpha value is -2.15. The van der Waals surface area contributed by atoms with E-state index in [1.165, 1.54) is 38.5 Å². The summed E-state index contributed by atoms with van der Waals surface area (Å²) < 4.78 is 0. The lowest BCUT2D eigenvalue weighted by Gasteiger charge is -2.31. The SMILES string of the molecule is CN(C)c1nc(NC2CCC(NC(=S)NC3CCCCCC3)CC2)nc2ccccc12. The summed E-state index contributed by atoms with van der Waals surface area (Å²) in [5, 5.41) is 12.7. The summed E-state index contributed by atoms with van der Waals surface area (Å²) in [6, 6.07) is 9.61. The Bertz CT molecular complexity index is 869. The zero-order chi connectivity index (χ0) is 21.6. The van der Waals surface area contributed by atoms with Crippen LogP contribution in [0, 0.1) is 0 Å². The molecule has 0 amide bonds. The van der Waals surface area contributed by atoms with Crippen LogP contribution < -0.4 is 20.9 Å². The number of hydrogen-bond donors (Lipinski definition) is 3. The van der Waals surface area contributed by atoms with Crippen LogP contribution in [0.2, 0.25) is 0 Å². The molecule has 1 aromatic heterocycles. The van der Waals surface area contributed by atoms with Gasteiger partial charge in [-0.2, -0.15) is 4.98 Å². The molecular formula is C24H36N6S. The van der Waals surface area contributed by atoms with Crippen molar-refractivity contribution in [2.24, 2.45) is 0 Å². The molecule has 4 rings (SSSR count). The lowest BCUT2D eigenvalue weighted by molar-refractivity contribution is 0.383. The van der Waals surface area contributed by atoms with E-state index in [1.807, 2.05) is 26.2 Å². The molecule has 31 heavy (non-hydrogen) atoms. The highest BCUT2D eigenvalue weighted by Gasteiger charge is 2.23. The highest BCUT2D eigenvalue weighted by Crippen LogP contribution is 2.26. The molecule has 2 fully saturated rings. The van der Waals surface area contributed by atoms with Crippen molar-refractivity contribution < 1.29 is 0 Å². The maximum Gasteiger partial charge on any atom is 0.225 e. The Balaban J connectivity index is 1.29. The second-order valence-electron chi connectivity index (χ2n) is 9.28. The lowest BCUT2D eigenvalue weighted by atomic mass is 9.91. The number of anilines is 2. The van der Waals surface area contributed by atoms with E-state index in [0.717, 1.165) is 53.5 Å². The normalized spacial score (nSPS) is 22.5. The van der Waals surface area contributed by atoms with Crippen molar-refractivity contribution in [1.82, 2.24) is 20.6 Å². The van der Waals surface area contributed by atoms with Crippen molar-refractivity contribution in [3.8, 4) is 0 Å². The van der Waals surface area contributed by atoms with E-state index in [0.29, 0.717) is 18.1 Å². The van der Waals surface area contributed by atoms with Crippen molar-refractivity contribution in [2.75, 3.05) is 24.3 Å². The predicted octanol–water partition coefficient (Wildman–Crippen LogP) is 4.61. The van der Waals surface area contributed by atoms with Gasteiger partial charge >= 0.3 is 0 Å². The number of nitrogens with zero attached hydrogens (tertiary/aromatic N) is 3. The molecule has 0 saturated heterocycles. The van der Waals surface area contributed by atoms with Gasteiger partial charge in [0.2, 0.25) is 5.95 Å². The minimum Gasteiger partial charge on any atom is -0.362 e. The van der Waals surface area contributed by atoms with Crippen LogP contribution in [0.15, 0.2) is 24.3 Å². The van der Waals surface area contributed by atoms with Crippen LogP contribution in [0.25, 0.3) is 10.9 Å². The van der Waals surface area contributed by atoms with Crippen LogP contribution in [0.4, 0.5) is 11.8 Å². The first-order valence-corrected chi connectivity index (χ1v) is 12.3. The predicted molar refractivity (Wildman–Crippen MR) is 134 cm³/mol. The molecule has 2 saturated carbocycles. The largest absolute Gasteiger partial charge is 0.362 e. The number of para-hydroxylation sites is 1. The Labute approximate surface area is 191 Å². The molecule has 0 aliphatic heterocycles. The van der Waals surface area contributed by atoms with E-state index in [1.54, 1.807) is 0 Å². The third-order valence-corrected chi connectivity index (χ3v) is 6.83. The second-order valence-corrected chi connectivity index (χ2v) is 9.69. The molecule has 0 bridgehead atoms. The van der Waals surface area contributed by atoms with Gasteiger partial charge in [-0.1, -0.05) is 37.8 Å². The van der Waals surface area contributed by atoms with Crippen molar-refractivity contribution in [3.63, 3.8) is 0 Å². The molecule has 1 aromatic carbocycles. The molecule has 2 aliphatic rings. The number of aromatic nitrogens is 2. The fraction of sp³-hybridized carbons (Fsp3) is 0.625. The van der Waals surface area contributed by atoms with Crippen LogP contribution in [-0.4, -0.2) is 47.3 Å². The number of thiocarbonyl (C=S) groups is 1. The second kappa shape index (κ2) is 10.4. The Morgan fingerprint density at radius 1 is 0.839 bits per heavy atom. The highest BCUT2D eigenvalue weighted by atomic mass is 32.1. The summed E-state index contributed by atoms with van der Waals surface area (Å²) in [5.41, 5.74) is 0.981. The molecule has 0 spiro atoms. The van der Waals surface area contributed by atoms with Gasteiger partial charge in [-0.3, -0.25) is 0 Å². The van der Waals surface area contributed by atoms with Crippen molar-refractivity contribution in [2.45, 2.75) is 82.3 Å². The fourth-order valence-corrected chi connectivity index (χ4v) is 5.20. The first kappa shape index (κ1) is 22.1. The number of benzene rings is 1. The zero-order valence-corrected chi connectivity index (χ0v) is 19.7. The van der Waals surface area contributed by atoms with Gasteiger partial charge in [0.15, 0.2) is 5.11 Å². The standard InChI is InChI=1S/C24H36N6S/c1-30(2)22-20-11-7-8-12-21(20)28-23(29-22)25-18-13-15-19(16-14-18)27-24(31)26-17-9-5-3-4-6-10-17/h7-8,11-12,17-19H,3-6,9-10,13-16H2,1-2H3,(H,25,28,29)(H2,26,27,31). The van der Waals surface area contributed by atoms with Gasteiger partial charge in [0.25, 0.3) is 0 Å². The van der Waals surface area contributed by atoms with Gasteiger partial charge in [-0.15, -0.1) is 0 Å². The van der Waals surface area contributed by atoms with Crippen LogP contribution in [0.3, 0.4) is 0 Å². The molecule has 3 N–H and O–H groups in total. The lowest BCUT2D eigenvalue weighted by Crippen LogP contribution is -2.47. The average molecular weight is 441 g/mol. The van der Waals surface area contributed by atoms with Crippen molar-refractivity contribution >= 4 is 40.0 Å². The van der Waals surface area contributed by atoms with E-state index < -0.39 is 0 Å². The smallest absolute Gasteiger partial charge is 0.225 e. The third kappa shape index (κ3) is 5.97. The molecule has 0 unspecified atom stereocenters. The topological polar surface area (TPSA) is 65.1 Å². The quantitative estimate of drug-likeness (QED) is 0.464. The molecule has 6 nitrogen and oxygen atoms in total. The maximum atomic E-state index is 5.62. The van der Waals surface area contributed by atoms with E-state index in [-0.39, 0.29) is 0 Å². The van der Waals surface area contributed by atoms with Gasteiger partial charge in [0.1, 0.15) is 5.82 Å². The number of rotatable bonds is 5. The molecule has 0 atom stereocenters. The maximum absolute atomic E-state index is 5.62. The first-order valence-electron chi connectivity index (χ1n) is 11.9. The van der Waals surface area contributed by atoms with E-state index in [2.05, 4.69) is 33.0 Å². The molecule has 0 radical (unpaired) electrons. The molecular weight excluding hydrogens is 404 g/mol.